The topological polar surface area (TPSA) is 52.0 Å². The Kier molecular flexibility index (Phi) is 3.19. The lowest BCUT2D eigenvalue weighted by Gasteiger charge is -2.07. The number of nitrogens with zero attached hydrogens (tertiary/aromatic N) is 1. The third-order valence-electron chi connectivity index (χ3n) is 2.89. The summed E-state index contributed by atoms with van der Waals surface area (Å²) in [5.74, 6) is 0.623. The maximum Gasteiger partial charge on any atom is 0.152 e. The average Bonchev–Trinajstić information content (AvgIpc) is 2.84. The number of pyridine rings is 1. The van der Waals surface area contributed by atoms with Crippen molar-refractivity contribution >= 4 is 34.2 Å². The summed E-state index contributed by atoms with van der Waals surface area (Å²) in [6.07, 6.45) is 1.56. The number of benzene rings is 1. The molecule has 1 unspecified atom stereocenters. The molecular weight excluding hydrogens is 283 g/mol. The second-order valence-electron chi connectivity index (χ2n) is 4.19. The van der Waals surface area contributed by atoms with Crippen LogP contribution >= 0.6 is 23.2 Å². The van der Waals surface area contributed by atoms with Crippen LogP contribution in [0.15, 0.2) is 47.0 Å². The highest BCUT2D eigenvalue weighted by Crippen LogP contribution is 2.30. The van der Waals surface area contributed by atoms with Gasteiger partial charge in [0.05, 0.1) is 15.7 Å². The maximum absolute atomic E-state index is 6.14. The van der Waals surface area contributed by atoms with E-state index in [-0.39, 0.29) is 0 Å². The molecule has 96 valence electrons. The van der Waals surface area contributed by atoms with Crippen LogP contribution in [0.1, 0.15) is 17.5 Å². The molecule has 0 saturated heterocycles. The number of hydrogen-bond acceptors (Lipinski definition) is 3. The highest BCUT2D eigenvalue weighted by molar-refractivity contribution is 6.34. The third kappa shape index (κ3) is 2.32. The van der Waals surface area contributed by atoms with Gasteiger partial charge in [-0.25, -0.2) is 0 Å². The quantitative estimate of drug-likeness (QED) is 0.771. The van der Waals surface area contributed by atoms with Crippen molar-refractivity contribution in [1.29, 1.82) is 0 Å². The molecule has 0 aliphatic heterocycles. The molecule has 3 aromatic rings. The van der Waals surface area contributed by atoms with Crippen LogP contribution in [0.5, 0.6) is 0 Å². The van der Waals surface area contributed by atoms with Gasteiger partial charge < -0.3 is 10.2 Å². The Morgan fingerprint density at radius 2 is 2.00 bits per heavy atom. The Labute approximate surface area is 119 Å². The molecule has 2 aromatic heterocycles. The molecule has 0 aliphatic carbocycles. The molecule has 1 atom stereocenters. The first-order chi connectivity index (χ1) is 9.15. The summed E-state index contributed by atoms with van der Waals surface area (Å²) in [7, 11) is 0. The van der Waals surface area contributed by atoms with Crippen LogP contribution in [0.3, 0.4) is 0 Å². The number of hydrogen-bond donors (Lipinski definition) is 1. The van der Waals surface area contributed by atoms with Gasteiger partial charge in [-0.05, 0) is 24.3 Å². The van der Waals surface area contributed by atoms with Gasteiger partial charge in [0.2, 0.25) is 0 Å². The average molecular weight is 293 g/mol. The second-order valence-corrected chi connectivity index (χ2v) is 5.03. The predicted octanol–water partition coefficient (Wildman–Crippen LogP) is 4.18. The SMILES string of the molecule is NC(c1ccc(Cl)cn1)c1cc2cccc(Cl)c2o1. The zero-order chi connectivity index (χ0) is 13.4. The van der Waals surface area contributed by atoms with E-state index in [0.29, 0.717) is 27.1 Å². The minimum absolute atomic E-state index is 0.444. The molecule has 0 bridgehead atoms. The van der Waals surface area contributed by atoms with E-state index in [4.69, 9.17) is 33.4 Å². The Balaban J connectivity index is 2.04. The van der Waals surface area contributed by atoms with Gasteiger partial charge in [0.1, 0.15) is 11.8 Å². The molecule has 2 heterocycles. The Bertz CT molecular complexity index is 722. The molecule has 0 saturated carbocycles. The molecule has 0 amide bonds. The van der Waals surface area contributed by atoms with Gasteiger partial charge in [0.15, 0.2) is 5.58 Å². The molecule has 3 nitrogen and oxygen atoms in total. The van der Waals surface area contributed by atoms with Crippen molar-refractivity contribution in [2.24, 2.45) is 5.73 Å². The van der Waals surface area contributed by atoms with Gasteiger partial charge in [-0.1, -0.05) is 35.3 Å². The molecule has 0 fully saturated rings. The molecule has 19 heavy (non-hydrogen) atoms. The minimum atomic E-state index is -0.444. The van der Waals surface area contributed by atoms with Crippen LogP contribution in [0.2, 0.25) is 10.0 Å². The lowest BCUT2D eigenvalue weighted by Crippen LogP contribution is -2.12. The van der Waals surface area contributed by atoms with Crippen LogP contribution < -0.4 is 5.73 Å². The van der Waals surface area contributed by atoms with E-state index in [9.17, 15) is 0 Å². The summed E-state index contributed by atoms with van der Waals surface area (Å²) in [4.78, 5) is 4.20. The van der Waals surface area contributed by atoms with Crippen molar-refractivity contribution < 1.29 is 4.42 Å². The first-order valence-corrected chi connectivity index (χ1v) is 6.46. The molecule has 1 aromatic carbocycles. The number of para-hydroxylation sites is 1. The highest BCUT2D eigenvalue weighted by Gasteiger charge is 2.16. The number of fused-ring (bicyclic) bond motifs is 1. The van der Waals surface area contributed by atoms with Gasteiger partial charge in [-0.2, -0.15) is 0 Å². The molecular formula is C14H10Cl2N2O. The summed E-state index contributed by atoms with van der Waals surface area (Å²) in [5, 5.41) is 2.07. The standard InChI is InChI=1S/C14H10Cl2N2O/c15-9-4-5-11(18-7-9)13(17)12-6-8-2-1-3-10(16)14(8)19-12/h1-7,13H,17H2. The second kappa shape index (κ2) is 4.85. The number of nitrogens with two attached hydrogens (primary N) is 1. The van der Waals surface area contributed by atoms with Gasteiger partial charge in [-0.3, -0.25) is 4.98 Å². The van der Waals surface area contributed by atoms with Crippen LogP contribution in [0.4, 0.5) is 0 Å². The van der Waals surface area contributed by atoms with E-state index in [1.54, 1.807) is 24.4 Å². The summed E-state index contributed by atoms with van der Waals surface area (Å²) in [6.45, 7) is 0. The van der Waals surface area contributed by atoms with E-state index in [1.165, 1.54) is 0 Å². The lowest BCUT2D eigenvalue weighted by molar-refractivity contribution is 0.521. The summed E-state index contributed by atoms with van der Waals surface area (Å²) in [5.41, 5.74) is 7.47. The fourth-order valence-corrected chi connectivity index (χ4v) is 2.25. The Morgan fingerprint density at radius 3 is 2.68 bits per heavy atom. The predicted molar refractivity (Wildman–Crippen MR) is 76.5 cm³/mol. The van der Waals surface area contributed by atoms with Crippen LogP contribution in [-0.2, 0) is 0 Å². The van der Waals surface area contributed by atoms with Crippen molar-refractivity contribution in [3.05, 3.63) is 64.1 Å². The molecule has 0 aliphatic rings. The maximum atomic E-state index is 6.14. The van der Waals surface area contributed by atoms with E-state index in [2.05, 4.69) is 4.98 Å². The summed E-state index contributed by atoms with van der Waals surface area (Å²) in [6, 6.07) is 10.5. The van der Waals surface area contributed by atoms with Crippen LogP contribution in [-0.4, -0.2) is 4.98 Å². The van der Waals surface area contributed by atoms with Crippen molar-refractivity contribution in [3.63, 3.8) is 0 Å². The first-order valence-electron chi connectivity index (χ1n) is 5.70. The lowest BCUT2D eigenvalue weighted by atomic mass is 10.1. The normalized spacial score (nSPS) is 12.8. The van der Waals surface area contributed by atoms with Gasteiger partial charge in [-0.15, -0.1) is 0 Å². The molecule has 2 N–H and O–H groups in total. The molecule has 0 spiro atoms. The highest BCUT2D eigenvalue weighted by atomic mass is 35.5. The van der Waals surface area contributed by atoms with Crippen molar-refractivity contribution in [1.82, 2.24) is 4.98 Å². The molecule has 3 rings (SSSR count). The van der Waals surface area contributed by atoms with Gasteiger partial charge in [0, 0.05) is 11.6 Å². The van der Waals surface area contributed by atoms with Crippen LogP contribution in [0, 0.1) is 0 Å². The smallest absolute Gasteiger partial charge is 0.152 e. The monoisotopic (exact) mass is 292 g/mol. The number of rotatable bonds is 2. The zero-order valence-electron chi connectivity index (χ0n) is 9.81. The van der Waals surface area contributed by atoms with Crippen molar-refractivity contribution in [2.45, 2.75) is 6.04 Å². The van der Waals surface area contributed by atoms with Crippen LogP contribution in [0.25, 0.3) is 11.0 Å². The van der Waals surface area contributed by atoms with E-state index < -0.39 is 6.04 Å². The fraction of sp³-hybridized carbons (Fsp3) is 0.0714. The number of aromatic nitrogens is 1. The minimum Gasteiger partial charge on any atom is -0.457 e. The van der Waals surface area contributed by atoms with Gasteiger partial charge in [0.25, 0.3) is 0 Å². The molecule has 5 heteroatoms. The molecule has 0 radical (unpaired) electrons. The fourth-order valence-electron chi connectivity index (χ4n) is 1.92. The van der Waals surface area contributed by atoms with Crippen molar-refractivity contribution in [3.8, 4) is 0 Å². The van der Waals surface area contributed by atoms with E-state index in [1.807, 2.05) is 18.2 Å². The van der Waals surface area contributed by atoms with Crippen molar-refractivity contribution in [2.75, 3.05) is 0 Å². The zero-order valence-corrected chi connectivity index (χ0v) is 11.3. The summed E-state index contributed by atoms with van der Waals surface area (Å²) >= 11 is 11.9. The first kappa shape index (κ1) is 12.5. The largest absolute Gasteiger partial charge is 0.457 e. The van der Waals surface area contributed by atoms with Gasteiger partial charge >= 0.3 is 0 Å². The Morgan fingerprint density at radius 1 is 1.16 bits per heavy atom. The van der Waals surface area contributed by atoms with E-state index >= 15 is 0 Å². The third-order valence-corrected chi connectivity index (χ3v) is 3.41. The Hall–Kier alpha value is -1.55. The summed E-state index contributed by atoms with van der Waals surface area (Å²) < 4.78 is 5.72. The number of furan rings is 1. The number of halogens is 2. The van der Waals surface area contributed by atoms with E-state index in [0.717, 1.165) is 5.39 Å².